The number of ether oxygens (including phenoxy) is 1. The van der Waals surface area contributed by atoms with E-state index in [1.165, 1.54) is 0 Å². The molecule has 9 heteroatoms. The first-order valence-corrected chi connectivity index (χ1v) is 8.42. The first kappa shape index (κ1) is 20.8. The van der Waals surface area contributed by atoms with Gasteiger partial charge in [0.1, 0.15) is 0 Å². The van der Waals surface area contributed by atoms with Gasteiger partial charge in [0, 0.05) is 17.9 Å². The van der Waals surface area contributed by atoms with Crippen molar-refractivity contribution in [2.45, 2.75) is 33.5 Å². The Labute approximate surface area is 159 Å². The van der Waals surface area contributed by atoms with Crippen LogP contribution in [0.25, 0.3) is 0 Å². The molecule has 5 nitrogen and oxygen atoms in total. The third kappa shape index (κ3) is 4.82. The van der Waals surface area contributed by atoms with E-state index in [1.54, 1.807) is 13.0 Å². The van der Waals surface area contributed by atoms with Crippen LogP contribution in [-0.2, 0) is 22.3 Å². The van der Waals surface area contributed by atoms with E-state index in [4.69, 9.17) is 16.3 Å². The van der Waals surface area contributed by atoms with Crippen molar-refractivity contribution < 1.29 is 27.5 Å². The molecule has 1 aromatic carbocycles. The minimum Gasteiger partial charge on any atom is -0.452 e. The number of aryl methyl sites for hydroxylation is 1. The largest absolute Gasteiger partial charge is 0.452 e. The number of nitrogens with zero attached hydrogens (tertiary/aromatic N) is 1. The molecule has 27 heavy (non-hydrogen) atoms. The first-order valence-electron chi connectivity index (χ1n) is 8.05. The van der Waals surface area contributed by atoms with E-state index in [0.29, 0.717) is 17.8 Å². The lowest BCUT2D eigenvalue weighted by molar-refractivity contribution is -0.137. The maximum atomic E-state index is 12.8. The molecule has 1 heterocycles. The number of anilines is 1. The van der Waals surface area contributed by atoms with E-state index in [9.17, 15) is 22.8 Å². The smallest absolute Gasteiger partial charge is 0.416 e. The van der Waals surface area contributed by atoms with Crippen LogP contribution in [0.4, 0.5) is 18.9 Å². The fourth-order valence-corrected chi connectivity index (χ4v) is 2.85. The SMILES string of the molecule is CCn1c(C)cc(C(=O)OCC(=O)Nc2cc(C(F)(F)F)ccc2Cl)c1C. The quantitative estimate of drug-likeness (QED) is 0.744. The van der Waals surface area contributed by atoms with Gasteiger partial charge in [-0.05, 0) is 45.0 Å². The second kappa shape index (κ2) is 8.04. The lowest BCUT2D eigenvalue weighted by atomic mass is 10.2. The Hall–Kier alpha value is -2.48. The first-order chi connectivity index (χ1) is 12.5. The van der Waals surface area contributed by atoms with E-state index in [2.05, 4.69) is 5.32 Å². The number of esters is 1. The number of benzene rings is 1. The molecule has 0 fully saturated rings. The topological polar surface area (TPSA) is 60.3 Å². The van der Waals surface area contributed by atoms with Gasteiger partial charge in [0.05, 0.1) is 21.8 Å². The van der Waals surface area contributed by atoms with E-state index >= 15 is 0 Å². The van der Waals surface area contributed by atoms with E-state index in [1.807, 2.05) is 18.4 Å². The third-order valence-corrected chi connectivity index (χ3v) is 4.34. The summed E-state index contributed by atoms with van der Waals surface area (Å²) in [7, 11) is 0. The summed E-state index contributed by atoms with van der Waals surface area (Å²) in [6.07, 6.45) is -4.57. The Bertz CT molecular complexity index is 875. The summed E-state index contributed by atoms with van der Waals surface area (Å²) in [5, 5.41) is 2.16. The van der Waals surface area contributed by atoms with Crippen LogP contribution < -0.4 is 5.32 Å². The zero-order valence-electron chi connectivity index (χ0n) is 14.9. The van der Waals surface area contributed by atoms with Gasteiger partial charge in [0.2, 0.25) is 0 Å². The number of aromatic nitrogens is 1. The van der Waals surface area contributed by atoms with Crippen LogP contribution in [0.2, 0.25) is 5.02 Å². The van der Waals surface area contributed by atoms with Crippen molar-refractivity contribution in [1.82, 2.24) is 4.57 Å². The van der Waals surface area contributed by atoms with Gasteiger partial charge in [-0.3, -0.25) is 4.79 Å². The Morgan fingerprint density at radius 1 is 1.22 bits per heavy atom. The summed E-state index contributed by atoms with van der Waals surface area (Å²) in [5.74, 6) is -1.48. The number of rotatable bonds is 5. The molecule has 0 aliphatic rings. The van der Waals surface area contributed by atoms with Crippen LogP contribution in [0.1, 0.15) is 34.2 Å². The molecule has 1 aromatic heterocycles. The van der Waals surface area contributed by atoms with Gasteiger partial charge in [-0.15, -0.1) is 0 Å². The normalized spacial score (nSPS) is 11.4. The van der Waals surface area contributed by atoms with Crippen LogP contribution in [0, 0.1) is 13.8 Å². The van der Waals surface area contributed by atoms with Crippen LogP contribution in [0.5, 0.6) is 0 Å². The maximum absolute atomic E-state index is 12.8. The highest BCUT2D eigenvalue weighted by Gasteiger charge is 2.31. The van der Waals surface area contributed by atoms with Crippen LogP contribution in [-0.4, -0.2) is 23.1 Å². The van der Waals surface area contributed by atoms with Crippen molar-refractivity contribution in [3.63, 3.8) is 0 Å². The second-order valence-electron chi connectivity index (χ2n) is 5.85. The molecular weight excluding hydrogens is 385 g/mol. The number of amides is 1. The molecule has 1 N–H and O–H groups in total. The average Bonchev–Trinajstić information content (AvgIpc) is 2.87. The number of carbonyl (C=O) groups is 2. The van der Waals surface area contributed by atoms with E-state index in [0.717, 1.165) is 23.9 Å². The van der Waals surface area contributed by atoms with Gasteiger partial charge in [0.15, 0.2) is 6.61 Å². The lowest BCUT2D eigenvalue weighted by Crippen LogP contribution is -2.21. The number of hydrogen-bond acceptors (Lipinski definition) is 3. The molecule has 0 saturated carbocycles. The summed E-state index contributed by atoms with van der Waals surface area (Å²) in [6.45, 7) is 5.56. The van der Waals surface area contributed by atoms with Gasteiger partial charge in [-0.1, -0.05) is 11.6 Å². The molecule has 0 aliphatic heterocycles. The monoisotopic (exact) mass is 402 g/mol. The van der Waals surface area contributed by atoms with Crippen LogP contribution in [0.3, 0.4) is 0 Å². The summed E-state index contributed by atoms with van der Waals surface area (Å²) >= 11 is 5.81. The molecule has 0 aliphatic carbocycles. The highest BCUT2D eigenvalue weighted by molar-refractivity contribution is 6.33. The third-order valence-electron chi connectivity index (χ3n) is 4.01. The van der Waals surface area contributed by atoms with E-state index in [-0.39, 0.29) is 10.7 Å². The Morgan fingerprint density at radius 3 is 2.44 bits per heavy atom. The van der Waals surface area contributed by atoms with Gasteiger partial charge in [-0.2, -0.15) is 13.2 Å². The van der Waals surface area contributed by atoms with Gasteiger partial charge in [0.25, 0.3) is 5.91 Å². The second-order valence-corrected chi connectivity index (χ2v) is 6.25. The molecule has 146 valence electrons. The van der Waals surface area contributed by atoms with Gasteiger partial charge < -0.3 is 14.6 Å². The fourth-order valence-electron chi connectivity index (χ4n) is 2.69. The lowest BCUT2D eigenvalue weighted by Gasteiger charge is -2.12. The van der Waals surface area contributed by atoms with Crippen molar-refractivity contribution >= 4 is 29.2 Å². The van der Waals surface area contributed by atoms with Crippen molar-refractivity contribution in [2.24, 2.45) is 0 Å². The van der Waals surface area contributed by atoms with Gasteiger partial charge in [-0.25, -0.2) is 4.79 Å². The molecular formula is C18H18ClF3N2O3. The Kier molecular flexibility index (Phi) is 6.20. The minimum atomic E-state index is -4.57. The predicted molar refractivity (Wildman–Crippen MR) is 94.9 cm³/mol. The summed E-state index contributed by atoms with van der Waals surface area (Å²) in [4.78, 5) is 24.1. The summed E-state index contributed by atoms with van der Waals surface area (Å²) < 4.78 is 45.1. The molecule has 0 unspecified atom stereocenters. The molecule has 0 spiro atoms. The number of alkyl halides is 3. The fraction of sp³-hybridized carbons (Fsp3) is 0.333. The molecule has 0 atom stereocenters. The van der Waals surface area contributed by atoms with Crippen LogP contribution in [0.15, 0.2) is 24.3 Å². The number of hydrogen-bond donors (Lipinski definition) is 1. The number of carbonyl (C=O) groups excluding carboxylic acids is 2. The standard InChI is InChI=1S/C18H18ClF3N2O3/c1-4-24-10(2)7-13(11(24)3)17(26)27-9-16(25)23-15-8-12(18(20,21)22)5-6-14(15)19/h5-8H,4,9H2,1-3H3,(H,23,25). The van der Waals surface area contributed by atoms with Crippen molar-refractivity contribution in [3.05, 3.63) is 51.8 Å². The highest BCUT2D eigenvalue weighted by atomic mass is 35.5. The molecule has 0 saturated heterocycles. The van der Waals surface area contributed by atoms with Crippen LogP contribution >= 0.6 is 11.6 Å². The van der Waals surface area contributed by atoms with Crippen molar-refractivity contribution in [1.29, 1.82) is 0 Å². The van der Waals surface area contributed by atoms with Crippen molar-refractivity contribution in [2.75, 3.05) is 11.9 Å². The Balaban J connectivity index is 2.04. The van der Waals surface area contributed by atoms with Crippen molar-refractivity contribution in [3.8, 4) is 0 Å². The zero-order valence-corrected chi connectivity index (χ0v) is 15.7. The zero-order chi connectivity index (χ0) is 20.4. The number of nitrogens with one attached hydrogen (secondary N) is 1. The molecule has 1 amide bonds. The molecule has 2 aromatic rings. The Morgan fingerprint density at radius 2 is 1.89 bits per heavy atom. The highest BCUT2D eigenvalue weighted by Crippen LogP contribution is 2.33. The van der Waals surface area contributed by atoms with E-state index < -0.39 is 30.2 Å². The maximum Gasteiger partial charge on any atom is 0.416 e. The average molecular weight is 403 g/mol. The number of halogens is 4. The molecule has 0 bridgehead atoms. The van der Waals surface area contributed by atoms with Gasteiger partial charge >= 0.3 is 12.1 Å². The molecule has 2 rings (SSSR count). The summed E-state index contributed by atoms with van der Waals surface area (Å²) in [5.41, 5.74) is 0.755. The molecule has 0 radical (unpaired) electrons. The summed E-state index contributed by atoms with van der Waals surface area (Å²) in [6, 6.07) is 4.22. The predicted octanol–water partition coefficient (Wildman–Crippen LogP) is 4.59. The minimum absolute atomic E-state index is 0.0610.